The van der Waals surface area contributed by atoms with Gasteiger partial charge < -0.3 is 5.32 Å². The van der Waals surface area contributed by atoms with Crippen LogP contribution in [0.5, 0.6) is 0 Å². The van der Waals surface area contributed by atoms with Gasteiger partial charge in [-0.3, -0.25) is 4.79 Å². The molecule has 0 saturated carbocycles. The van der Waals surface area contributed by atoms with Crippen molar-refractivity contribution in [2.45, 2.75) is 12.8 Å². The number of aryl methyl sites for hydroxylation is 1. The fourth-order valence-corrected chi connectivity index (χ4v) is 3.02. The Labute approximate surface area is 142 Å². The van der Waals surface area contributed by atoms with E-state index < -0.39 is 5.82 Å². The van der Waals surface area contributed by atoms with Gasteiger partial charge in [-0.15, -0.1) is 11.3 Å². The molecule has 0 aliphatic heterocycles. The third-order valence-electron chi connectivity index (χ3n) is 3.40. The number of hydrogen-bond acceptors (Lipinski definition) is 3. The molecule has 3 nitrogen and oxygen atoms in total. The second-order valence-electron chi connectivity index (χ2n) is 5.18. The van der Waals surface area contributed by atoms with Crippen LogP contribution in [0, 0.1) is 11.6 Å². The number of carbonyl (C=O) groups excluding carboxylic acids is 1. The summed E-state index contributed by atoms with van der Waals surface area (Å²) in [6.45, 7) is 0. The number of aromatic nitrogens is 1. The van der Waals surface area contributed by atoms with Gasteiger partial charge in [0.15, 0.2) is 0 Å². The first-order valence-corrected chi connectivity index (χ1v) is 8.24. The molecule has 2 aromatic carbocycles. The van der Waals surface area contributed by atoms with Gasteiger partial charge in [0.2, 0.25) is 5.91 Å². The molecule has 0 bridgehead atoms. The highest BCUT2D eigenvalue weighted by atomic mass is 32.1. The van der Waals surface area contributed by atoms with E-state index in [1.54, 1.807) is 24.3 Å². The highest BCUT2D eigenvalue weighted by Gasteiger charge is 2.09. The van der Waals surface area contributed by atoms with Crippen molar-refractivity contribution in [3.05, 3.63) is 71.2 Å². The largest absolute Gasteiger partial charge is 0.324 e. The van der Waals surface area contributed by atoms with Crippen LogP contribution in [0.4, 0.5) is 14.5 Å². The first kappa shape index (κ1) is 16.3. The average Bonchev–Trinajstić information content (AvgIpc) is 3.05. The smallest absolute Gasteiger partial charge is 0.224 e. The zero-order valence-electron chi connectivity index (χ0n) is 12.6. The fourth-order valence-electron chi connectivity index (χ4n) is 2.16. The second-order valence-corrected chi connectivity index (χ2v) is 6.04. The number of nitrogens with zero attached hydrogens (tertiary/aromatic N) is 1. The molecule has 0 atom stereocenters. The minimum absolute atomic E-state index is 0.174. The van der Waals surface area contributed by atoms with E-state index in [1.165, 1.54) is 35.6 Å². The van der Waals surface area contributed by atoms with Crippen molar-refractivity contribution in [3.8, 4) is 10.6 Å². The lowest BCUT2D eigenvalue weighted by Gasteiger charge is -2.05. The summed E-state index contributed by atoms with van der Waals surface area (Å²) in [6, 6.07) is 12.2. The molecule has 1 N–H and O–H groups in total. The van der Waals surface area contributed by atoms with Crippen LogP contribution in [0.2, 0.25) is 0 Å². The number of benzene rings is 2. The number of amides is 1. The molecular formula is C18H14F2N2OS. The number of halogens is 2. The Kier molecular flexibility index (Phi) is 4.96. The maximum Gasteiger partial charge on any atom is 0.224 e. The van der Waals surface area contributed by atoms with E-state index in [2.05, 4.69) is 10.3 Å². The lowest BCUT2D eigenvalue weighted by Crippen LogP contribution is -2.13. The summed E-state index contributed by atoms with van der Waals surface area (Å²) in [6.07, 6.45) is 0.666. The monoisotopic (exact) mass is 344 g/mol. The molecule has 1 amide bonds. The lowest BCUT2D eigenvalue weighted by molar-refractivity contribution is -0.116. The predicted octanol–water partition coefficient (Wildman–Crippen LogP) is 4.66. The Balaban J connectivity index is 1.58. The topological polar surface area (TPSA) is 42.0 Å². The number of para-hydroxylation sites is 1. The van der Waals surface area contributed by atoms with E-state index in [-0.39, 0.29) is 23.8 Å². The average molecular weight is 344 g/mol. The molecule has 0 aliphatic rings. The van der Waals surface area contributed by atoms with Crippen LogP contribution in [0.25, 0.3) is 10.6 Å². The summed E-state index contributed by atoms with van der Waals surface area (Å²) in [5, 5.41) is 5.19. The number of carbonyl (C=O) groups is 1. The van der Waals surface area contributed by atoms with Gasteiger partial charge in [0.05, 0.1) is 11.4 Å². The van der Waals surface area contributed by atoms with Crippen molar-refractivity contribution in [1.29, 1.82) is 0 Å². The molecule has 122 valence electrons. The van der Waals surface area contributed by atoms with Crippen LogP contribution in [-0.4, -0.2) is 10.9 Å². The predicted molar refractivity (Wildman–Crippen MR) is 90.9 cm³/mol. The van der Waals surface area contributed by atoms with E-state index in [0.717, 1.165) is 16.3 Å². The summed E-state index contributed by atoms with van der Waals surface area (Å²) < 4.78 is 26.4. The number of anilines is 1. The van der Waals surface area contributed by atoms with Gasteiger partial charge in [-0.25, -0.2) is 13.8 Å². The standard InChI is InChI=1S/C18H14F2N2OS/c19-13-7-5-12(6-8-13)18-21-14(11-24-18)9-10-17(23)22-16-4-2-1-3-15(16)20/h1-8,11H,9-10H2,(H,22,23). The van der Waals surface area contributed by atoms with Crippen molar-refractivity contribution in [1.82, 2.24) is 4.98 Å². The van der Waals surface area contributed by atoms with Crippen molar-refractivity contribution < 1.29 is 13.6 Å². The Morgan fingerprint density at radius 1 is 1.08 bits per heavy atom. The van der Waals surface area contributed by atoms with Crippen LogP contribution in [0.15, 0.2) is 53.9 Å². The van der Waals surface area contributed by atoms with Gasteiger partial charge in [-0.05, 0) is 42.8 Å². The fraction of sp³-hybridized carbons (Fsp3) is 0.111. The van der Waals surface area contributed by atoms with Gasteiger partial charge in [-0.1, -0.05) is 12.1 Å². The molecule has 0 aliphatic carbocycles. The molecule has 0 spiro atoms. The third-order valence-corrected chi connectivity index (χ3v) is 4.34. The maximum atomic E-state index is 13.5. The lowest BCUT2D eigenvalue weighted by atomic mass is 10.2. The minimum Gasteiger partial charge on any atom is -0.324 e. The Morgan fingerprint density at radius 2 is 1.83 bits per heavy atom. The molecule has 0 unspecified atom stereocenters. The number of hydrogen-bond donors (Lipinski definition) is 1. The van der Waals surface area contributed by atoms with Gasteiger partial charge >= 0.3 is 0 Å². The van der Waals surface area contributed by atoms with E-state index >= 15 is 0 Å². The molecule has 0 fully saturated rings. The zero-order chi connectivity index (χ0) is 16.9. The van der Waals surface area contributed by atoms with E-state index in [1.807, 2.05) is 5.38 Å². The van der Waals surface area contributed by atoms with E-state index in [4.69, 9.17) is 0 Å². The molecule has 24 heavy (non-hydrogen) atoms. The molecule has 0 saturated heterocycles. The van der Waals surface area contributed by atoms with Gasteiger partial charge in [0, 0.05) is 17.4 Å². The molecule has 3 aromatic rings. The molecule has 1 heterocycles. The van der Waals surface area contributed by atoms with Crippen LogP contribution in [-0.2, 0) is 11.2 Å². The van der Waals surface area contributed by atoms with E-state index in [9.17, 15) is 13.6 Å². The number of rotatable bonds is 5. The van der Waals surface area contributed by atoms with Crippen molar-refractivity contribution in [2.24, 2.45) is 0 Å². The molecule has 6 heteroatoms. The number of nitrogens with one attached hydrogen (secondary N) is 1. The minimum atomic E-state index is -0.460. The quantitative estimate of drug-likeness (QED) is 0.731. The second kappa shape index (κ2) is 7.31. The molecular weight excluding hydrogens is 330 g/mol. The first-order valence-electron chi connectivity index (χ1n) is 7.36. The molecule has 0 radical (unpaired) electrons. The summed E-state index contributed by atoms with van der Waals surface area (Å²) in [5.41, 5.74) is 1.79. The zero-order valence-corrected chi connectivity index (χ0v) is 13.4. The summed E-state index contributed by atoms with van der Waals surface area (Å²) >= 11 is 1.44. The summed E-state index contributed by atoms with van der Waals surface area (Å²) in [7, 11) is 0. The summed E-state index contributed by atoms with van der Waals surface area (Å²) in [4.78, 5) is 16.4. The summed E-state index contributed by atoms with van der Waals surface area (Å²) in [5.74, 6) is -1.02. The van der Waals surface area contributed by atoms with Gasteiger partial charge in [-0.2, -0.15) is 0 Å². The van der Waals surface area contributed by atoms with Crippen LogP contribution >= 0.6 is 11.3 Å². The van der Waals surface area contributed by atoms with Crippen LogP contribution in [0.1, 0.15) is 12.1 Å². The SMILES string of the molecule is O=C(CCc1csc(-c2ccc(F)cc2)n1)Nc1ccccc1F. The maximum absolute atomic E-state index is 13.5. The molecule has 1 aromatic heterocycles. The highest BCUT2D eigenvalue weighted by Crippen LogP contribution is 2.24. The van der Waals surface area contributed by atoms with E-state index in [0.29, 0.717) is 6.42 Å². The van der Waals surface area contributed by atoms with Crippen molar-refractivity contribution >= 4 is 22.9 Å². The van der Waals surface area contributed by atoms with Crippen molar-refractivity contribution in [3.63, 3.8) is 0 Å². The van der Waals surface area contributed by atoms with Crippen molar-refractivity contribution in [2.75, 3.05) is 5.32 Å². The van der Waals surface area contributed by atoms with Gasteiger partial charge in [0.1, 0.15) is 16.6 Å². The number of thiazole rings is 1. The first-order chi connectivity index (χ1) is 11.6. The normalized spacial score (nSPS) is 10.6. The van der Waals surface area contributed by atoms with Gasteiger partial charge in [0.25, 0.3) is 0 Å². The third kappa shape index (κ3) is 4.02. The van der Waals surface area contributed by atoms with Crippen LogP contribution < -0.4 is 5.32 Å². The Bertz CT molecular complexity index is 846. The highest BCUT2D eigenvalue weighted by molar-refractivity contribution is 7.13. The molecule has 3 rings (SSSR count). The Hall–Kier alpha value is -2.60. The Morgan fingerprint density at radius 3 is 2.58 bits per heavy atom. The van der Waals surface area contributed by atoms with Crippen LogP contribution in [0.3, 0.4) is 0 Å².